The van der Waals surface area contributed by atoms with E-state index in [0.29, 0.717) is 12.1 Å². The molecule has 3 aliphatic heterocycles. The second-order valence-electron chi connectivity index (χ2n) is 19.3. The number of amidine groups is 3. The van der Waals surface area contributed by atoms with Crippen molar-refractivity contribution in [3.63, 3.8) is 0 Å². The third-order valence-electron chi connectivity index (χ3n) is 12.7. The molecule has 6 atom stereocenters. The summed E-state index contributed by atoms with van der Waals surface area (Å²) in [6.07, 6.45) is -23.2. The highest BCUT2D eigenvalue weighted by molar-refractivity contribution is 6.30. The highest BCUT2D eigenvalue weighted by Gasteiger charge is 2.53. The lowest BCUT2D eigenvalue weighted by atomic mass is 9.84. The second-order valence-corrected chi connectivity index (χ2v) is 19.7. The zero-order valence-electron chi connectivity index (χ0n) is 42.9. The van der Waals surface area contributed by atoms with Gasteiger partial charge in [-0.2, -0.15) is 39.5 Å². The van der Waals surface area contributed by atoms with Crippen molar-refractivity contribution in [2.24, 2.45) is 32.2 Å². The van der Waals surface area contributed by atoms with E-state index in [2.05, 4.69) is 44.0 Å². The predicted molar refractivity (Wildman–Crippen MR) is 263 cm³/mol. The first-order chi connectivity index (χ1) is 38.7. The first kappa shape index (κ1) is 64.7. The molecule has 3 aromatic carbocycles. The fourth-order valence-corrected chi connectivity index (χ4v) is 8.93. The van der Waals surface area contributed by atoms with Gasteiger partial charge in [0, 0.05) is 66.9 Å². The molecule has 0 saturated heterocycles. The van der Waals surface area contributed by atoms with Crippen LogP contribution in [-0.4, -0.2) is 76.4 Å². The molecule has 0 amide bonds. The predicted octanol–water partition coefficient (Wildman–Crippen LogP) is 11.2. The van der Waals surface area contributed by atoms with Crippen molar-refractivity contribution in [1.82, 2.24) is 9.97 Å². The zero-order chi connectivity index (χ0) is 63.0. The van der Waals surface area contributed by atoms with Crippen LogP contribution in [0.3, 0.4) is 0 Å². The van der Waals surface area contributed by atoms with Gasteiger partial charge in [0.2, 0.25) is 5.69 Å². The number of carbonyl (C=O) groups is 2. The first-order valence-corrected chi connectivity index (χ1v) is 23.9. The van der Waals surface area contributed by atoms with E-state index >= 15 is 0 Å². The Morgan fingerprint density at radius 2 is 0.869 bits per heavy atom. The van der Waals surface area contributed by atoms with Crippen molar-refractivity contribution in [3.05, 3.63) is 163 Å². The Morgan fingerprint density at radius 1 is 0.536 bits per heavy atom. The normalized spacial score (nSPS) is 22.4. The van der Waals surface area contributed by atoms with Crippen molar-refractivity contribution in [2.45, 2.75) is 106 Å². The Morgan fingerprint density at radius 3 is 1.20 bits per heavy atom. The molecule has 5 heterocycles. The van der Waals surface area contributed by atoms with Gasteiger partial charge in [0.1, 0.15) is 17.2 Å². The molecule has 0 spiro atoms. The van der Waals surface area contributed by atoms with Crippen LogP contribution in [-0.2, 0) is 43.7 Å². The number of nitrogen functional groups attached to an aromatic ring is 1. The van der Waals surface area contributed by atoms with E-state index in [1.165, 1.54) is 6.92 Å². The maximum Gasteiger partial charge on any atom is 0.425 e. The molecule has 3 aliphatic rings. The number of alkyl halides is 9. The molecule has 0 fully saturated rings. The average molecular weight is 1230 g/mol. The van der Waals surface area contributed by atoms with Crippen LogP contribution in [0.2, 0.25) is 5.02 Å². The topological polar surface area (TPSA) is 233 Å². The van der Waals surface area contributed by atoms with E-state index in [1.807, 2.05) is 0 Å². The Kier molecular flexibility index (Phi) is 18.5. The van der Waals surface area contributed by atoms with Crippen LogP contribution in [0, 0.1) is 53.1 Å². The molecule has 0 aliphatic carbocycles. The average Bonchev–Trinajstić information content (AvgIpc) is 3.50. The van der Waals surface area contributed by atoms with E-state index in [4.69, 9.17) is 41.1 Å². The number of hydrogen-bond acceptors (Lipinski definition) is 14. The number of benzene rings is 3. The van der Waals surface area contributed by atoms with Gasteiger partial charge in [0.05, 0.1) is 28.2 Å². The van der Waals surface area contributed by atoms with Gasteiger partial charge in [-0.05, 0) is 80.4 Å². The fourth-order valence-electron chi connectivity index (χ4n) is 8.78. The third-order valence-corrected chi connectivity index (χ3v) is 12.9. The summed E-state index contributed by atoms with van der Waals surface area (Å²) >= 11 is 5.58. The number of pyridine rings is 2. The molecule has 15 nitrogen and oxygen atoms in total. The Bertz CT molecular complexity index is 3540. The summed E-state index contributed by atoms with van der Waals surface area (Å²) in [6, 6.07) is 4.28. The highest BCUT2D eigenvalue weighted by Crippen LogP contribution is 2.45. The molecule has 0 unspecified atom stereocenters. The minimum atomic E-state index is -4.84. The molecule has 84 heavy (non-hydrogen) atoms. The van der Waals surface area contributed by atoms with Gasteiger partial charge >= 0.3 is 18.5 Å². The monoisotopic (exact) mass is 1230 g/mol. The van der Waals surface area contributed by atoms with E-state index in [0.717, 1.165) is 62.6 Å². The number of nitrogens with two attached hydrogens (primary N) is 4. The largest absolute Gasteiger partial charge is 0.452 e. The van der Waals surface area contributed by atoms with Gasteiger partial charge < -0.3 is 37.1 Å². The van der Waals surface area contributed by atoms with E-state index < -0.39 is 190 Å². The van der Waals surface area contributed by atoms with Crippen molar-refractivity contribution in [2.75, 3.05) is 5.73 Å². The Balaban J connectivity index is 0.000000207. The summed E-state index contributed by atoms with van der Waals surface area (Å²) < 4.78 is 244. The van der Waals surface area contributed by atoms with Crippen LogP contribution in [0.4, 0.5) is 86.0 Å². The quantitative estimate of drug-likeness (QED) is 0.0469. The van der Waals surface area contributed by atoms with Gasteiger partial charge in [0.25, 0.3) is 18.1 Å². The molecule has 450 valence electrons. The number of nitrogens with zero attached hydrogens (tertiary/aromatic N) is 6. The van der Waals surface area contributed by atoms with Crippen LogP contribution in [0.15, 0.2) is 75.9 Å². The molecule has 0 bridgehead atoms. The van der Waals surface area contributed by atoms with Crippen molar-refractivity contribution in [1.29, 1.82) is 0 Å². The van der Waals surface area contributed by atoms with Gasteiger partial charge in [-0.25, -0.2) is 59.9 Å². The number of halogens is 18. The number of hydrogen-bond donors (Lipinski definition) is 4. The van der Waals surface area contributed by atoms with E-state index in [9.17, 15) is 84.2 Å². The number of anilines is 1. The number of rotatable bonds is 9. The van der Waals surface area contributed by atoms with Crippen LogP contribution in [0.25, 0.3) is 4.85 Å². The summed E-state index contributed by atoms with van der Waals surface area (Å²) in [5.41, 5.74) is 12.4. The number of carbonyl (C=O) groups excluding carboxylic acids is 2. The van der Waals surface area contributed by atoms with Gasteiger partial charge in [0.15, 0.2) is 70.6 Å². The molecule has 2 aromatic heterocycles. The number of ether oxygens (including phenoxy) is 3. The second kappa shape index (κ2) is 24.0. The van der Waals surface area contributed by atoms with Gasteiger partial charge in [-0.3, -0.25) is 14.6 Å². The van der Waals surface area contributed by atoms with Crippen LogP contribution >= 0.6 is 11.6 Å². The standard InChI is InChI=1S/C20H14F6N4O2.C19H14ClF6N3O2.C12H12F5N3O/c1-19(7-15(20(24,25)26)32-18(27)30-19)11-3-9(4-12(21)16(11)23)5-14(31)17-13(22)6-10(28-2)8-29-17;1-18(6-14(19(24,25)26)31-17(27)29-18)10-2-8(3-11(21)15(10)23)4-13(30)16-12(22)5-9(20)7-28-16;1-11(6-2-5(18)3-7(13)9(6)14)4-8(12(15,16)17)21-10(19)20-11/h3-4,6,8,15H,5,7H2,1H3,(H2,27,30);2-3,5,7,14H,4,6H2,1H3,(H2,27,29);2-3,8H,4,18H2,1H3,(H2,19,20)/t15-,19-;14-,18-;8-,11-/m000/s1. The molecule has 8 rings (SSSR count). The smallest absolute Gasteiger partial charge is 0.425 e. The number of aromatic nitrogens is 2. The minimum Gasteiger partial charge on any atom is -0.452 e. The van der Waals surface area contributed by atoms with Gasteiger partial charge in [-0.1, -0.05) is 11.6 Å². The van der Waals surface area contributed by atoms with E-state index in [-0.39, 0.29) is 27.5 Å². The minimum absolute atomic E-state index is 0.0497. The van der Waals surface area contributed by atoms with Crippen LogP contribution in [0.1, 0.15) is 88.8 Å². The van der Waals surface area contributed by atoms with Crippen molar-refractivity contribution in [3.8, 4) is 0 Å². The lowest BCUT2D eigenvalue weighted by molar-refractivity contribution is -0.208. The Hall–Kier alpha value is -8.50. The molecule has 33 heteroatoms. The van der Waals surface area contributed by atoms with Crippen LogP contribution < -0.4 is 22.9 Å². The Labute approximate surface area is 467 Å². The maximum absolute atomic E-state index is 14.6. The SMILES string of the molecule is C[C@@]1(c2cc(CC(=O)c3ncc(Cl)cc3F)cc(F)c2F)C[C@@H](C(F)(F)F)OC(N)=N1.C[C@@]1(c2cc(N)cc(F)c2F)C[C@@H](C(F)(F)F)OC(N)=N1.[C-]#[N+]c1cnc(C(=O)Cc2cc(F)c(F)c([C@]3(C)C[C@@H](C(F)(F)F)OC(N)=N3)c2)c(F)c1. The molecule has 5 aromatic rings. The fraction of sp³-hybridized carbons (Fsp3) is 0.333. The molecule has 0 radical (unpaired) electrons. The molecular weight excluding hydrogens is 1190 g/mol. The summed E-state index contributed by atoms with van der Waals surface area (Å²) in [5.74, 6) is -12.2. The molecule has 0 saturated carbocycles. The van der Waals surface area contributed by atoms with Gasteiger partial charge in [-0.15, -0.1) is 0 Å². The number of aliphatic imine (C=N–C) groups is 3. The van der Waals surface area contributed by atoms with E-state index in [1.54, 1.807) is 0 Å². The van der Waals surface area contributed by atoms with Crippen molar-refractivity contribution >= 4 is 52.6 Å². The summed E-state index contributed by atoms with van der Waals surface area (Å²) in [5, 5.41) is -0.0497. The molecular formula is C51H40ClF17N10O5. The lowest BCUT2D eigenvalue weighted by Crippen LogP contribution is -2.46. The number of ketones is 2. The summed E-state index contributed by atoms with van der Waals surface area (Å²) in [4.78, 5) is 46.1. The molecule has 8 N–H and O–H groups in total. The maximum atomic E-state index is 14.6. The highest BCUT2D eigenvalue weighted by atomic mass is 35.5. The lowest BCUT2D eigenvalue weighted by Gasteiger charge is -2.36. The van der Waals surface area contributed by atoms with Crippen molar-refractivity contribution < 1.29 is 98.4 Å². The summed E-state index contributed by atoms with van der Waals surface area (Å²) in [6.45, 7) is 10.3. The number of Topliss-reactive ketones (excluding diaryl/α,β-unsaturated/α-hetero) is 2. The third kappa shape index (κ3) is 14.8. The van der Waals surface area contributed by atoms with Crippen LogP contribution in [0.5, 0.6) is 0 Å². The summed E-state index contributed by atoms with van der Waals surface area (Å²) in [7, 11) is 0. The zero-order valence-corrected chi connectivity index (χ0v) is 43.6. The first-order valence-electron chi connectivity index (χ1n) is 23.5.